The van der Waals surface area contributed by atoms with Gasteiger partial charge in [-0.2, -0.15) is 0 Å². The Labute approximate surface area is 168 Å². The molecule has 1 saturated carbocycles. The van der Waals surface area contributed by atoms with Gasteiger partial charge in [0.15, 0.2) is 11.5 Å². The van der Waals surface area contributed by atoms with Crippen molar-refractivity contribution < 1.29 is 24.5 Å². The van der Waals surface area contributed by atoms with Crippen molar-refractivity contribution in [3.8, 4) is 11.5 Å². The molecule has 0 aliphatic heterocycles. The first-order valence-corrected chi connectivity index (χ1v) is 10.2. The van der Waals surface area contributed by atoms with E-state index in [1.54, 1.807) is 7.11 Å². The molecular formula is C23H34O5. The smallest absolute Gasteiger partial charge is 0.303 e. The molecule has 5 heteroatoms. The summed E-state index contributed by atoms with van der Waals surface area (Å²) in [6, 6.07) is 1.93. The highest BCUT2D eigenvalue weighted by atomic mass is 16.6. The summed E-state index contributed by atoms with van der Waals surface area (Å²) < 4.78 is 11.3. The number of hydrogen-bond acceptors (Lipinski definition) is 5. The lowest BCUT2D eigenvalue weighted by atomic mass is 9.48. The Morgan fingerprint density at radius 2 is 1.89 bits per heavy atom. The zero-order valence-electron chi connectivity index (χ0n) is 18.1. The van der Waals surface area contributed by atoms with Crippen LogP contribution in [0.5, 0.6) is 11.5 Å². The fraction of sp³-hybridized carbons (Fsp3) is 0.696. The number of phenolic OH excluding ortho intramolecular Hbond substituents is 1. The number of aliphatic hydroxyl groups is 1. The lowest BCUT2D eigenvalue weighted by molar-refractivity contribution is -0.174. The van der Waals surface area contributed by atoms with E-state index in [1.165, 1.54) is 6.92 Å². The minimum absolute atomic E-state index is 0.110. The van der Waals surface area contributed by atoms with Gasteiger partial charge in [0.1, 0.15) is 12.2 Å². The van der Waals surface area contributed by atoms with Crippen LogP contribution in [0, 0.1) is 11.3 Å². The van der Waals surface area contributed by atoms with Crippen LogP contribution in [0.2, 0.25) is 0 Å². The number of phenols is 1. The molecule has 2 aliphatic rings. The second-order valence-corrected chi connectivity index (χ2v) is 9.72. The van der Waals surface area contributed by atoms with Crippen molar-refractivity contribution in [3.63, 3.8) is 0 Å². The van der Waals surface area contributed by atoms with E-state index in [2.05, 4.69) is 20.8 Å². The van der Waals surface area contributed by atoms with Crippen LogP contribution in [0.1, 0.15) is 89.5 Å². The maximum Gasteiger partial charge on any atom is 0.303 e. The number of benzene rings is 1. The first-order chi connectivity index (χ1) is 13.0. The molecule has 0 bridgehead atoms. The standard InChI is InChI=1S/C23H34O5/c1-12(2)14-11-15-16(18(26)19(14)27-7)23(6)10-8-9-22(4,5)21(23)20(17(15)25)28-13(3)24/h11-12,17,20-21,25-26H,8-10H2,1-7H3/t17-,20+,21+,23-/m1/s1. The van der Waals surface area contributed by atoms with Crippen molar-refractivity contribution in [1.82, 2.24) is 0 Å². The third-order valence-electron chi connectivity index (χ3n) is 7.02. The minimum atomic E-state index is -0.983. The SMILES string of the molecule is COc1c(C(C)C)cc2c(c1O)[C@@]1(C)CCCC(C)(C)[C@@H]1[C@@H](OC(C)=O)[C@@H]2O. The number of carbonyl (C=O) groups is 1. The summed E-state index contributed by atoms with van der Waals surface area (Å²) >= 11 is 0. The van der Waals surface area contributed by atoms with Crippen LogP contribution in [0.15, 0.2) is 6.07 Å². The summed E-state index contributed by atoms with van der Waals surface area (Å²) in [4.78, 5) is 11.9. The predicted molar refractivity (Wildman–Crippen MR) is 108 cm³/mol. The maximum absolute atomic E-state index is 11.9. The first-order valence-electron chi connectivity index (χ1n) is 10.2. The predicted octanol–water partition coefficient (Wildman–Crippen LogP) is 4.59. The lowest BCUT2D eigenvalue weighted by Gasteiger charge is -2.57. The van der Waals surface area contributed by atoms with E-state index in [9.17, 15) is 15.0 Å². The Hall–Kier alpha value is -1.75. The van der Waals surface area contributed by atoms with Crippen molar-refractivity contribution in [1.29, 1.82) is 0 Å². The van der Waals surface area contributed by atoms with Crippen LogP contribution in [-0.4, -0.2) is 29.4 Å². The second kappa shape index (κ2) is 6.94. The number of aliphatic hydroxyl groups excluding tert-OH is 1. The Bertz CT molecular complexity index is 782. The molecule has 2 N–H and O–H groups in total. The lowest BCUT2D eigenvalue weighted by Crippen LogP contribution is -2.57. The highest BCUT2D eigenvalue weighted by Gasteiger charge is 2.59. The number of ether oxygens (including phenoxy) is 2. The molecule has 1 aromatic carbocycles. The summed E-state index contributed by atoms with van der Waals surface area (Å²) in [5.41, 5.74) is 1.68. The summed E-state index contributed by atoms with van der Waals surface area (Å²) in [7, 11) is 1.57. The van der Waals surface area contributed by atoms with Gasteiger partial charge in [-0.1, -0.05) is 41.0 Å². The molecular weight excluding hydrogens is 356 g/mol. The molecule has 0 unspecified atom stereocenters. The number of rotatable bonds is 3. The largest absolute Gasteiger partial charge is 0.504 e. The number of hydrogen-bond donors (Lipinski definition) is 2. The van der Waals surface area contributed by atoms with E-state index in [4.69, 9.17) is 9.47 Å². The monoisotopic (exact) mass is 390 g/mol. The average Bonchev–Trinajstić information content (AvgIpc) is 2.56. The highest BCUT2D eigenvalue weighted by molar-refractivity contribution is 5.67. The van der Waals surface area contributed by atoms with Gasteiger partial charge in [-0.15, -0.1) is 0 Å². The molecule has 2 aliphatic carbocycles. The van der Waals surface area contributed by atoms with Gasteiger partial charge in [-0.05, 0) is 35.8 Å². The summed E-state index contributed by atoms with van der Waals surface area (Å²) in [5, 5.41) is 22.6. The minimum Gasteiger partial charge on any atom is -0.504 e. The van der Waals surface area contributed by atoms with Gasteiger partial charge in [-0.25, -0.2) is 0 Å². The van der Waals surface area contributed by atoms with E-state index >= 15 is 0 Å². The van der Waals surface area contributed by atoms with Crippen molar-refractivity contribution in [2.45, 2.75) is 84.3 Å². The van der Waals surface area contributed by atoms with E-state index in [-0.39, 0.29) is 23.0 Å². The van der Waals surface area contributed by atoms with Crippen molar-refractivity contribution in [2.75, 3.05) is 7.11 Å². The Kier molecular flexibility index (Phi) is 5.20. The second-order valence-electron chi connectivity index (χ2n) is 9.72. The van der Waals surface area contributed by atoms with Crippen LogP contribution in [0.25, 0.3) is 0 Å². The molecule has 0 amide bonds. The molecule has 0 saturated heterocycles. The van der Waals surface area contributed by atoms with Gasteiger partial charge in [0, 0.05) is 29.4 Å². The van der Waals surface area contributed by atoms with Crippen molar-refractivity contribution >= 4 is 5.97 Å². The molecule has 156 valence electrons. The molecule has 1 fully saturated rings. The van der Waals surface area contributed by atoms with Crippen molar-refractivity contribution in [2.24, 2.45) is 11.3 Å². The maximum atomic E-state index is 11.9. The quantitative estimate of drug-likeness (QED) is 0.739. The van der Waals surface area contributed by atoms with E-state index < -0.39 is 23.6 Å². The Morgan fingerprint density at radius 3 is 2.43 bits per heavy atom. The third kappa shape index (κ3) is 2.99. The van der Waals surface area contributed by atoms with Crippen LogP contribution in [-0.2, 0) is 14.9 Å². The van der Waals surface area contributed by atoms with Gasteiger partial charge < -0.3 is 19.7 Å². The van der Waals surface area contributed by atoms with Crippen LogP contribution < -0.4 is 4.74 Å². The zero-order valence-corrected chi connectivity index (χ0v) is 18.1. The van der Waals surface area contributed by atoms with Gasteiger partial charge in [0.05, 0.1) is 7.11 Å². The third-order valence-corrected chi connectivity index (χ3v) is 7.02. The normalized spacial score (nSPS) is 31.1. The van der Waals surface area contributed by atoms with Crippen LogP contribution in [0.4, 0.5) is 0 Å². The topological polar surface area (TPSA) is 76.0 Å². The number of methoxy groups -OCH3 is 1. The summed E-state index contributed by atoms with van der Waals surface area (Å²) in [5.74, 6) is 0.210. The van der Waals surface area contributed by atoms with Crippen LogP contribution >= 0.6 is 0 Å². The van der Waals surface area contributed by atoms with Gasteiger partial charge in [0.25, 0.3) is 0 Å². The molecule has 3 rings (SSSR count). The van der Waals surface area contributed by atoms with Gasteiger partial charge in [0.2, 0.25) is 0 Å². The molecule has 0 spiro atoms. The van der Waals surface area contributed by atoms with E-state index in [1.807, 2.05) is 19.9 Å². The number of esters is 1. The van der Waals surface area contributed by atoms with E-state index in [0.717, 1.165) is 30.4 Å². The summed E-state index contributed by atoms with van der Waals surface area (Å²) in [6.07, 6.45) is 1.23. The van der Waals surface area contributed by atoms with Gasteiger partial charge in [-0.3, -0.25) is 4.79 Å². The number of fused-ring (bicyclic) bond motifs is 3. The zero-order chi connectivity index (χ0) is 21.0. The van der Waals surface area contributed by atoms with Crippen LogP contribution in [0.3, 0.4) is 0 Å². The van der Waals surface area contributed by atoms with E-state index in [0.29, 0.717) is 11.3 Å². The molecule has 4 atom stereocenters. The molecule has 5 nitrogen and oxygen atoms in total. The molecule has 28 heavy (non-hydrogen) atoms. The molecule has 1 aromatic rings. The van der Waals surface area contributed by atoms with Crippen molar-refractivity contribution in [3.05, 3.63) is 22.8 Å². The molecule has 0 heterocycles. The fourth-order valence-electron chi connectivity index (χ4n) is 6.02. The highest BCUT2D eigenvalue weighted by Crippen LogP contribution is 2.63. The summed E-state index contributed by atoms with van der Waals surface area (Å²) in [6.45, 7) is 11.9. The Balaban J connectivity index is 2.34. The first kappa shape index (κ1) is 21.0. The fourth-order valence-corrected chi connectivity index (χ4v) is 6.02. The number of aromatic hydroxyl groups is 1. The molecule has 0 radical (unpaired) electrons. The number of carbonyl (C=O) groups excluding carboxylic acids is 1. The molecule has 0 aromatic heterocycles. The van der Waals surface area contributed by atoms with Gasteiger partial charge >= 0.3 is 5.97 Å². The average molecular weight is 391 g/mol. The Morgan fingerprint density at radius 1 is 1.25 bits per heavy atom.